The van der Waals surface area contributed by atoms with Crippen molar-refractivity contribution in [3.63, 3.8) is 0 Å². The second-order valence-corrected chi connectivity index (χ2v) is 4.70. The lowest BCUT2D eigenvalue weighted by Gasteiger charge is -2.21. The van der Waals surface area contributed by atoms with Crippen LogP contribution in [0.2, 0.25) is 0 Å². The molecule has 1 aromatic rings. The third-order valence-corrected chi connectivity index (χ3v) is 2.86. The lowest BCUT2D eigenvalue weighted by atomic mass is 10.1. The Labute approximate surface area is 118 Å². The number of aliphatic hydroxyl groups excluding tert-OH is 1. The van der Waals surface area contributed by atoms with Crippen LogP contribution in [-0.4, -0.2) is 46.8 Å². The summed E-state index contributed by atoms with van der Waals surface area (Å²) in [5.74, 6) is -1.16. The van der Waals surface area contributed by atoms with Crippen LogP contribution in [0.3, 0.4) is 0 Å². The summed E-state index contributed by atoms with van der Waals surface area (Å²) in [4.78, 5) is 24.2. The van der Waals surface area contributed by atoms with Crippen LogP contribution in [0.1, 0.15) is 17.5 Å². The van der Waals surface area contributed by atoms with Crippen LogP contribution in [0.4, 0.5) is 4.79 Å². The molecule has 1 unspecified atom stereocenters. The SMILES string of the molecule is Cc1cccc(CN(C)C(=O)NC(CCO)C(=O)O)c1. The molecule has 0 heterocycles. The summed E-state index contributed by atoms with van der Waals surface area (Å²) in [5.41, 5.74) is 2.07. The van der Waals surface area contributed by atoms with E-state index in [4.69, 9.17) is 10.2 Å². The van der Waals surface area contributed by atoms with Crippen molar-refractivity contribution in [2.24, 2.45) is 0 Å². The van der Waals surface area contributed by atoms with E-state index < -0.39 is 18.0 Å². The quantitative estimate of drug-likeness (QED) is 0.724. The molecule has 0 aliphatic rings. The molecule has 0 spiro atoms. The zero-order valence-electron chi connectivity index (χ0n) is 11.7. The number of nitrogens with one attached hydrogen (secondary N) is 1. The summed E-state index contributed by atoms with van der Waals surface area (Å²) in [5, 5.41) is 20.1. The van der Waals surface area contributed by atoms with Crippen LogP contribution in [-0.2, 0) is 11.3 Å². The number of rotatable bonds is 6. The van der Waals surface area contributed by atoms with E-state index >= 15 is 0 Å². The minimum Gasteiger partial charge on any atom is -0.480 e. The predicted octanol–water partition coefficient (Wildman–Crippen LogP) is 0.972. The maximum Gasteiger partial charge on any atom is 0.326 e. The number of nitrogens with zero attached hydrogens (tertiary/aromatic N) is 1. The molecule has 0 aliphatic carbocycles. The number of carbonyl (C=O) groups excluding carboxylic acids is 1. The fourth-order valence-electron chi connectivity index (χ4n) is 1.80. The Morgan fingerprint density at radius 1 is 1.40 bits per heavy atom. The van der Waals surface area contributed by atoms with Crippen molar-refractivity contribution in [3.05, 3.63) is 35.4 Å². The fourth-order valence-corrected chi connectivity index (χ4v) is 1.80. The molecule has 1 atom stereocenters. The van der Waals surface area contributed by atoms with Gasteiger partial charge in [0.15, 0.2) is 0 Å². The number of urea groups is 1. The molecule has 0 fully saturated rings. The van der Waals surface area contributed by atoms with E-state index in [-0.39, 0.29) is 13.0 Å². The van der Waals surface area contributed by atoms with Gasteiger partial charge in [0, 0.05) is 26.6 Å². The third kappa shape index (κ3) is 4.89. The zero-order chi connectivity index (χ0) is 15.1. The highest BCUT2D eigenvalue weighted by Gasteiger charge is 2.21. The van der Waals surface area contributed by atoms with Gasteiger partial charge in [-0.05, 0) is 12.5 Å². The number of aliphatic hydroxyl groups is 1. The highest BCUT2D eigenvalue weighted by atomic mass is 16.4. The van der Waals surface area contributed by atoms with E-state index in [0.29, 0.717) is 6.54 Å². The standard InChI is InChI=1S/C14H20N2O4/c1-10-4-3-5-11(8-10)9-16(2)14(20)15-12(6-7-17)13(18)19/h3-5,8,12,17H,6-7,9H2,1-2H3,(H,15,20)(H,18,19). The molecule has 0 aliphatic heterocycles. The first-order valence-corrected chi connectivity index (χ1v) is 6.35. The number of amides is 2. The van der Waals surface area contributed by atoms with Gasteiger partial charge in [0.1, 0.15) is 6.04 Å². The number of hydrogen-bond donors (Lipinski definition) is 3. The number of benzene rings is 1. The first-order chi connectivity index (χ1) is 9.43. The molecule has 0 saturated heterocycles. The molecular weight excluding hydrogens is 260 g/mol. The minimum atomic E-state index is -1.16. The number of carbonyl (C=O) groups is 2. The third-order valence-electron chi connectivity index (χ3n) is 2.86. The number of aryl methyl sites for hydroxylation is 1. The van der Waals surface area contributed by atoms with Gasteiger partial charge in [-0.2, -0.15) is 0 Å². The van der Waals surface area contributed by atoms with Crippen LogP contribution >= 0.6 is 0 Å². The molecule has 1 rings (SSSR count). The summed E-state index contributed by atoms with van der Waals surface area (Å²) in [6.07, 6.45) is -0.0145. The summed E-state index contributed by atoms with van der Waals surface area (Å²) in [7, 11) is 1.59. The van der Waals surface area contributed by atoms with Gasteiger partial charge in [-0.3, -0.25) is 0 Å². The summed E-state index contributed by atoms with van der Waals surface area (Å²) in [6.45, 7) is 2.06. The zero-order valence-corrected chi connectivity index (χ0v) is 11.7. The Morgan fingerprint density at radius 3 is 2.65 bits per heavy atom. The van der Waals surface area contributed by atoms with E-state index in [0.717, 1.165) is 11.1 Å². The Morgan fingerprint density at radius 2 is 2.10 bits per heavy atom. The molecule has 6 nitrogen and oxygen atoms in total. The van der Waals surface area contributed by atoms with Crippen LogP contribution < -0.4 is 5.32 Å². The van der Waals surface area contributed by atoms with Gasteiger partial charge in [0.2, 0.25) is 0 Å². The molecule has 110 valence electrons. The average molecular weight is 280 g/mol. The number of carboxylic acid groups (broad SMARTS) is 1. The Bertz CT molecular complexity index is 476. The number of hydrogen-bond acceptors (Lipinski definition) is 3. The van der Waals surface area contributed by atoms with Gasteiger partial charge in [-0.15, -0.1) is 0 Å². The molecule has 6 heteroatoms. The molecule has 0 bridgehead atoms. The monoisotopic (exact) mass is 280 g/mol. The maximum absolute atomic E-state index is 11.9. The smallest absolute Gasteiger partial charge is 0.326 e. The Kier molecular flexibility index (Phi) is 5.99. The average Bonchev–Trinajstić information content (AvgIpc) is 2.37. The van der Waals surface area contributed by atoms with Crippen molar-refractivity contribution in [2.45, 2.75) is 25.9 Å². The highest BCUT2D eigenvalue weighted by Crippen LogP contribution is 2.07. The molecule has 0 aromatic heterocycles. The molecule has 3 N–H and O–H groups in total. The minimum absolute atomic E-state index is 0.0145. The topological polar surface area (TPSA) is 89.9 Å². The molecule has 2 amide bonds. The molecule has 0 radical (unpaired) electrons. The van der Waals surface area contributed by atoms with Crippen molar-refractivity contribution in [3.8, 4) is 0 Å². The van der Waals surface area contributed by atoms with Gasteiger partial charge < -0.3 is 20.4 Å². The van der Waals surface area contributed by atoms with Crippen LogP contribution in [0.25, 0.3) is 0 Å². The lowest BCUT2D eigenvalue weighted by Crippen LogP contribution is -2.46. The lowest BCUT2D eigenvalue weighted by molar-refractivity contribution is -0.139. The van der Waals surface area contributed by atoms with E-state index in [1.54, 1.807) is 7.05 Å². The van der Waals surface area contributed by atoms with Gasteiger partial charge >= 0.3 is 12.0 Å². The van der Waals surface area contributed by atoms with Gasteiger partial charge in [0.05, 0.1) is 0 Å². The van der Waals surface area contributed by atoms with E-state index in [1.165, 1.54) is 4.90 Å². The van der Waals surface area contributed by atoms with Crippen LogP contribution in [0.15, 0.2) is 24.3 Å². The largest absolute Gasteiger partial charge is 0.480 e. The summed E-state index contributed by atoms with van der Waals surface area (Å²) in [6, 6.07) is 6.18. The van der Waals surface area contributed by atoms with Crippen LogP contribution in [0, 0.1) is 6.92 Å². The van der Waals surface area contributed by atoms with Crippen molar-refractivity contribution in [1.82, 2.24) is 10.2 Å². The predicted molar refractivity (Wildman–Crippen MR) is 74.3 cm³/mol. The molecular formula is C14H20N2O4. The van der Waals surface area contributed by atoms with E-state index in [9.17, 15) is 9.59 Å². The fraction of sp³-hybridized carbons (Fsp3) is 0.429. The van der Waals surface area contributed by atoms with E-state index in [1.807, 2.05) is 31.2 Å². The van der Waals surface area contributed by atoms with E-state index in [2.05, 4.69) is 5.32 Å². The van der Waals surface area contributed by atoms with Gasteiger partial charge in [-0.25, -0.2) is 9.59 Å². The van der Waals surface area contributed by atoms with Crippen molar-refractivity contribution in [1.29, 1.82) is 0 Å². The summed E-state index contributed by atoms with van der Waals surface area (Å²) < 4.78 is 0. The normalized spacial score (nSPS) is 11.8. The molecule has 0 saturated carbocycles. The Hall–Kier alpha value is -2.08. The number of carboxylic acids is 1. The van der Waals surface area contributed by atoms with Gasteiger partial charge in [-0.1, -0.05) is 29.8 Å². The first-order valence-electron chi connectivity index (χ1n) is 6.35. The maximum atomic E-state index is 11.9. The van der Waals surface area contributed by atoms with Crippen molar-refractivity contribution >= 4 is 12.0 Å². The highest BCUT2D eigenvalue weighted by molar-refractivity contribution is 5.82. The second kappa shape index (κ2) is 7.49. The Balaban J connectivity index is 2.60. The van der Waals surface area contributed by atoms with Crippen molar-refractivity contribution in [2.75, 3.05) is 13.7 Å². The molecule has 20 heavy (non-hydrogen) atoms. The first kappa shape index (κ1) is 16.0. The number of aliphatic carboxylic acids is 1. The second-order valence-electron chi connectivity index (χ2n) is 4.70. The summed E-state index contributed by atoms with van der Waals surface area (Å²) >= 11 is 0. The van der Waals surface area contributed by atoms with Crippen molar-refractivity contribution < 1.29 is 19.8 Å². The molecule has 1 aromatic carbocycles. The van der Waals surface area contributed by atoms with Crippen LogP contribution in [0.5, 0.6) is 0 Å². The van der Waals surface area contributed by atoms with Gasteiger partial charge in [0.25, 0.3) is 0 Å².